The van der Waals surface area contributed by atoms with Crippen LogP contribution in [-0.2, 0) is 26.5 Å². The van der Waals surface area contributed by atoms with Gasteiger partial charge >= 0.3 is 5.97 Å². The third kappa shape index (κ3) is 6.98. The summed E-state index contributed by atoms with van der Waals surface area (Å²) in [6.07, 6.45) is 3.78. The molecular formula is C23H26N2O3S. The molecule has 0 saturated carbocycles. The Hall–Kier alpha value is -2.73. The number of fused-ring (bicyclic) bond motifs is 1. The second kappa shape index (κ2) is 11.3. The molecule has 0 radical (unpaired) electrons. The maximum atomic E-state index is 11.9. The number of benzene rings is 2. The van der Waals surface area contributed by atoms with Gasteiger partial charge in [0.1, 0.15) is 0 Å². The Bertz CT molecular complexity index is 924. The average Bonchev–Trinajstić information content (AvgIpc) is 3.16. The van der Waals surface area contributed by atoms with Gasteiger partial charge in [0.25, 0.3) is 5.91 Å². The Labute approximate surface area is 175 Å². The zero-order chi connectivity index (χ0) is 20.3. The van der Waals surface area contributed by atoms with Crippen LogP contribution in [0.1, 0.15) is 24.0 Å². The molecule has 3 rings (SSSR count). The fraction of sp³-hybridized carbons (Fsp3) is 0.304. The number of hydrogen-bond acceptors (Lipinski definition) is 4. The molecule has 0 saturated heterocycles. The van der Waals surface area contributed by atoms with Gasteiger partial charge in [-0.3, -0.25) is 9.59 Å². The van der Waals surface area contributed by atoms with Crippen LogP contribution in [0.5, 0.6) is 0 Å². The summed E-state index contributed by atoms with van der Waals surface area (Å²) in [6.45, 7) is 0.351. The summed E-state index contributed by atoms with van der Waals surface area (Å²) < 4.78 is 5.07. The molecule has 2 aromatic carbocycles. The standard InChI is InChI=1S/C23H26N2O3S/c26-22(24-13-14-29-17-18-7-2-1-3-8-18)16-28-23(27)12-6-9-19-15-25-21-11-5-4-10-20(19)21/h1-5,7-8,10-11,15,25H,6,9,12-14,16-17H2,(H,24,26). The highest BCUT2D eigenvalue weighted by Crippen LogP contribution is 2.19. The van der Waals surface area contributed by atoms with Gasteiger partial charge in [0.2, 0.25) is 0 Å². The maximum absolute atomic E-state index is 11.9. The highest BCUT2D eigenvalue weighted by Gasteiger charge is 2.09. The third-order valence-electron chi connectivity index (χ3n) is 4.55. The number of nitrogens with one attached hydrogen (secondary N) is 2. The molecule has 29 heavy (non-hydrogen) atoms. The van der Waals surface area contributed by atoms with Crippen LogP contribution in [0, 0.1) is 0 Å². The highest BCUT2D eigenvalue weighted by molar-refractivity contribution is 7.98. The predicted molar refractivity (Wildman–Crippen MR) is 118 cm³/mol. The lowest BCUT2D eigenvalue weighted by atomic mass is 10.1. The summed E-state index contributed by atoms with van der Waals surface area (Å²) in [5, 5.41) is 3.97. The minimum atomic E-state index is -0.335. The molecule has 5 nitrogen and oxygen atoms in total. The molecule has 1 amide bonds. The van der Waals surface area contributed by atoms with Gasteiger partial charge in [-0.05, 0) is 30.0 Å². The second-order valence-electron chi connectivity index (χ2n) is 6.76. The smallest absolute Gasteiger partial charge is 0.306 e. The fourth-order valence-electron chi connectivity index (χ4n) is 3.06. The third-order valence-corrected chi connectivity index (χ3v) is 5.58. The van der Waals surface area contributed by atoms with Crippen LogP contribution in [0.3, 0.4) is 0 Å². The summed E-state index contributed by atoms with van der Waals surface area (Å²) in [5.74, 6) is 1.15. The van der Waals surface area contributed by atoms with E-state index in [2.05, 4.69) is 28.5 Å². The van der Waals surface area contributed by atoms with E-state index in [4.69, 9.17) is 4.74 Å². The number of carbonyl (C=O) groups excluding carboxylic acids is 2. The first kappa shape index (κ1) is 21.0. The lowest BCUT2D eigenvalue weighted by Gasteiger charge is -2.07. The van der Waals surface area contributed by atoms with E-state index in [1.54, 1.807) is 11.8 Å². The minimum absolute atomic E-state index is 0.213. The van der Waals surface area contributed by atoms with E-state index >= 15 is 0 Å². The SMILES string of the molecule is O=C(COC(=O)CCCc1c[nH]c2ccccc12)NCCSCc1ccccc1. The van der Waals surface area contributed by atoms with E-state index in [1.807, 2.05) is 42.6 Å². The van der Waals surface area contributed by atoms with Crippen LogP contribution in [0.25, 0.3) is 10.9 Å². The Balaban J connectivity index is 1.24. The number of esters is 1. The average molecular weight is 411 g/mol. The first-order valence-corrected chi connectivity index (χ1v) is 11.0. The van der Waals surface area contributed by atoms with E-state index in [9.17, 15) is 9.59 Å². The van der Waals surface area contributed by atoms with Gasteiger partial charge < -0.3 is 15.0 Å². The van der Waals surface area contributed by atoms with Gasteiger partial charge in [-0.15, -0.1) is 0 Å². The highest BCUT2D eigenvalue weighted by atomic mass is 32.2. The number of thioether (sulfide) groups is 1. The van der Waals surface area contributed by atoms with Gasteiger partial charge in [0.15, 0.2) is 6.61 Å². The summed E-state index contributed by atoms with van der Waals surface area (Å²) in [4.78, 5) is 26.9. The van der Waals surface area contributed by atoms with E-state index in [-0.39, 0.29) is 18.5 Å². The quantitative estimate of drug-likeness (QED) is 0.369. The summed E-state index contributed by atoms with van der Waals surface area (Å²) in [5.41, 5.74) is 3.56. The number of H-pyrrole nitrogens is 1. The van der Waals surface area contributed by atoms with E-state index in [0.717, 1.165) is 23.4 Å². The van der Waals surface area contributed by atoms with Crippen LogP contribution in [0.2, 0.25) is 0 Å². The molecule has 2 N–H and O–H groups in total. The predicted octanol–water partition coefficient (Wildman–Crippen LogP) is 4.08. The fourth-order valence-corrected chi connectivity index (χ4v) is 3.88. The van der Waals surface area contributed by atoms with Crippen molar-refractivity contribution in [3.63, 3.8) is 0 Å². The summed E-state index contributed by atoms with van der Waals surface area (Å²) in [7, 11) is 0. The number of rotatable bonds is 11. The molecular weight excluding hydrogens is 384 g/mol. The van der Waals surface area contributed by atoms with Crippen molar-refractivity contribution in [2.45, 2.75) is 25.0 Å². The molecule has 0 bridgehead atoms. The van der Waals surface area contributed by atoms with E-state index < -0.39 is 0 Å². The summed E-state index contributed by atoms with van der Waals surface area (Å²) in [6, 6.07) is 18.3. The zero-order valence-corrected chi connectivity index (χ0v) is 17.2. The Kier molecular flexibility index (Phi) is 8.19. The van der Waals surface area contributed by atoms with Crippen LogP contribution in [0.15, 0.2) is 60.8 Å². The first-order chi connectivity index (χ1) is 14.2. The van der Waals surface area contributed by atoms with Crippen molar-refractivity contribution in [3.05, 3.63) is 71.9 Å². The molecule has 0 aliphatic rings. The Morgan fingerprint density at radius 1 is 1.03 bits per heavy atom. The van der Waals surface area contributed by atoms with E-state index in [1.165, 1.54) is 16.5 Å². The van der Waals surface area contributed by atoms with Gasteiger partial charge in [-0.1, -0.05) is 48.5 Å². The number of para-hydroxylation sites is 1. The molecule has 0 aliphatic heterocycles. The van der Waals surface area contributed by atoms with Gasteiger partial charge in [0, 0.05) is 41.6 Å². The molecule has 0 unspecified atom stereocenters. The Morgan fingerprint density at radius 3 is 2.69 bits per heavy atom. The number of aromatic nitrogens is 1. The monoisotopic (exact) mass is 410 g/mol. The summed E-state index contributed by atoms with van der Waals surface area (Å²) >= 11 is 1.76. The van der Waals surface area contributed by atoms with Crippen molar-refractivity contribution in [1.82, 2.24) is 10.3 Å². The van der Waals surface area contributed by atoms with Crippen molar-refractivity contribution in [1.29, 1.82) is 0 Å². The topological polar surface area (TPSA) is 71.2 Å². The van der Waals surface area contributed by atoms with Crippen molar-refractivity contribution in [2.75, 3.05) is 18.9 Å². The molecule has 0 atom stereocenters. The van der Waals surface area contributed by atoms with Crippen molar-refractivity contribution in [3.8, 4) is 0 Å². The maximum Gasteiger partial charge on any atom is 0.306 e. The van der Waals surface area contributed by atoms with Crippen molar-refractivity contribution >= 4 is 34.5 Å². The van der Waals surface area contributed by atoms with Crippen LogP contribution < -0.4 is 5.32 Å². The first-order valence-electron chi connectivity index (χ1n) is 9.81. The normalized spacial score (nSPS) is 10.8. The number of hydrogen-bond donors (Lipinski definition) is 2. The minimum Gasteiger partial charge on any atom is -0.456 e. The molecule has 3 aromatic rings. The largest absolute Gasteiger partial charge is 0.456 e. The molecule has 1 aromatic heterocycles. The van der Waals surface area contributed by atoms with Gasteiger partial charge in [0.05, 0.1) is 0 Å². The number of aryl methyl sites for hydroxylation is 1. The van der Waals surface area contributed by atoms with Crippen molar-refractivity contribution < 1.29 is 14.3 Å². The van der Waals surface area contributed by atoms with E-state index in [0.29, 0.717) is 19.4 Å². The molecule has 6 heteroatoms. The zero-order valence-electron chi connectivity index (χ0n) is 16.4. The van der Waals surface area contributed by atoms with Crippen molar-refractivity contribution in [2.24, 2.45) is 0 Å². The van der Waals surface area contributed by atoms with Crippen LogP contribution in [-0.4, -0.2) is 35.8 Å². The van der Waals surface area contributed by atoms with Gasteiger partial charge in [-0.2, -0.15) is 11.8 Å². The van der Waals surface area contributed by atoms with Crippen LogP contribution in [0.4, 0.5) is 0 Å². The molecule has 0 spiro atoms. The Morgan fingerprint density at radius 2 is 1.83 bits per heavy atom. The number of amides is 1. The number of ether oxygens (including phenoxy) is 1. The second-order valence-corrected chi connectivity index (χ2v) is 7.87. The molecule has 152 valence electrons. The number of carbonyl (C=O) groups is 2. The molecule has 1 heterocycles. The molecule has 0 fully saturated rings. The molecule has 0 aliphatic carbocycles. The lowest BCUT2D eigenvalue weighted by Crippen LogP contribution is -2.30. The lowest BCUT2D eigenvalue weighted by molar-refractivity contribution is -0.148. The van der Waals surface area contributed by atoms with Crippen LogP contribution >= 0.6 is 11.8 Å². The van der Waals surface area contributed by atoms with Gasteiger partial charge in [-0.25, -0.2) is 0 Å². The number of aromatic amines is 1.